The van der Waals surface area contributed by atoms with E-state index in [1.807, 2.05) is 0 Å². The van der Waals surface area contributed by atoms with Crippen molar-refractivity contribution in [1.82, 2.24) is 15.1 Å². The summed E-state index contributed by atoms with van der Waals surface area (Å²) in [4.78, 5) is 5.20. The molecule has 1 aliphatic heterocycles. The molecule has 0 bridgehead atoms. The third-order valence-corrected chi connectivity index (χ3v) is 5.70. The van der Waals surface area contributed by atoms with Crippen molar-refractivity contribution < 1.29 is 0 Å². The Labute approximate surface area is 126 Å². The number of likely N-dealkylation sites (tertiary alicyclic amines) is 1. The van der Waals surface area contributed by atoms with Crippen LogP contribution in [0.3, 0.4) is 0 Å². The van der Waals surface area contributed by atoms with Crippen molar-refractivity contribution in [3.63, 3.8) is 0 Å². The highest BCUT2D eigenvalue weighted by atomic mass is 15.3. The standard InChI is InChI=1S/C17H35N3/c1-7-18-16-14(9-8-10-17(16,3)4)20-11-13(2)15(12-20)19(5)6/h13-16,18H,7-12H2,1-6H3. The van der Waals surface area contributed by atoms with Crippen LogP contribution >= 0.6 is 0 Å². The second kappa shape index (κ2) is 6.33. The summed E-state index contributed by atoms with van der Waals surface area (Å²) in [5, 5.41) is 3.81. The maximum absolute atomic E-state index is 3.81. The van der Waals surface area contributed by atoms with E-state index in [2.05, 4.69) is 56.9 Å². The van der Waals surface area contributed by atoms with Crippen molar-refractivity contribution in [2.75, 3.05) is 33.7 Å². The fourth-order valence-corrected chi connectivity index (χ4v) is 4.56. The van der Waals surface area contributed by atoms with Crippen LogP contribution in [-0.4, -0.2) is 61.7 Å². The largest absolute Gasteiger partial charge is 0.312 e. The van der Waals surface area contributed by atoms with Gasteiger partial charge in [-0.3, -0.25) is 4.90 Å². The van der Waals surface area contributed by atoms with E-state index < -0.39 is 0 Å². The van der Waals surface area contributed by atoms with Crippen LogP contribution in [0.2, 0.25) is 0 Å². The quantitative estimate of drug-likeness (QED) is 0.854. The normalized spacial score (nSPS) is 38.5. The lowest BCUT2D eigenvalue weighted by Crippen LogP contribution is -2.58. The molecular weight excluding hydrogens is 246 g/mol. The molecule has 1 aliphatic carbocycles. The molecule has 4 unspecified atom stereocenters. The van der Waals surface area contributed by atoms with Crippen LogP contribution in [0.1, 0.15) is 47.0 Å². The van der Waals surface area contributed by atoms with E-state index in [0.29, 0.717) is 11.5 Å². The summed E-state index contributed by atoms with van der Waals surface area (Å²) >= 11 is 0. The third-order valence-electron chi connectivity index (χ3n) is 5.70. The van der Waals surface area contributed by atoms with Gasteiger partial charge in [-0.15, -0.1) is 0 Å². The molecule has 3 heteroatoms. The van der Waals surface area contributed by atoms with Crippen molar-refractivity contribution in [3.8, 4) is 0 Å². The minimum atomic E-state index is 0.429. The van der Waals surface area contributed by atoms with Crippen molar-refractivity contribution in [1.29, 1.82) is 0 Å². The Morgan fingerprint density at radius 3 is 2.50 bits per heavy atom. The second-order valence-electron chi connectivity index (χ2n) is 7.95. The zero-order valence-corrected chi connectivity index (χ0v) is 14.4. The van der Waals surface area contributed by atoms with Gasteiger partial charge >= 0.3 is 0 Å². The number of nitrogens with zero attached hydrogens (tertiary/aromatic N) is 2. The van der Waals surface area contributed by atoms with Crippen molar-refractivity contribution >= 4 is 0 Å². The molecule has 3 nitrogen and oxygen atoms in total. The molecule has 0 aromatic rings. The first-order valence-corrected chi connectivity index (χ1v) is 8.50. The van der Waals surface area contributed by atoms with Gasteiger partial charge in [0.05, 0.1) is 0 Å². The van der Waals surface area contributed by atoms with Gasteiger partial charge in [-0.1, -0.05) is 34.1 Å². The summed E-state index contributed by atoms with van der Waals surface area (Å²) < 4.78 is 0. The summed E-state index contributed by atoms with van der Waals surface area (Å²) in [5.41, 5.74) is 0.429. The molecule has 0 amide bonds. The zero-order chi connectivity index (χ0) is 14.9. The molecule has 1 heterocycles. The van der Waals surface area contributed by atoms with Gasteiger partial charge in [-0.25, -0.2) is 0 Å². The monoisotopic (exact) mass is 281 g/mol. The van der Waals surface area contributed by atoms with Crippen LogP contribution in [0.5, 0.6) is 0 Å². The first kappa shape index (κ1) is 16.3. The fourth-order valence-electron chi connectivity index (χ4n) is 4.56. The molecule has 0 spiro atoms. The summed E-state index contributed by atoms with van der Waals surface area (Å²) in [5.74, 6) is 0.789. The first-order valence-electron chi connectivity index (χ1n) is 8.50. The number of hydrogen-bond acceptors (Lipinski definition) is 3. The van der Waals surface area contributed by atoms with E-state index in [1.165, 1.54) is 32.4 Å². The Hall–Kier alpha value is -0.120. The topological polar surface area (TPSA) is 18.5 Å². The molecule has 2 fully saturated rings. The molecule has 1 saturated heterocycles. The summed E-state index contributed by atoms with van der Waals surface area (Å²) in [7, 11) is 4.47. The van der Waals surface area contributed by atoms with Crippen molar-refractivity contribution in [3.05, 3.63) is 0 Å². The molecular formula is C17H35N3. The van der Waals surface area contributed by atoms with Crippen LogP contribution < -0.4 is 5.32 Å². The second-order valence-corrected chi connectivity index (χ2v) is 7.95. The maximum atomic E-state index is 3.81. The maximum Gasteiger partial charge on any atom is 0.0274 e. The predicted octanol–water partition coefficient (Wildman–Crippen LogP) is 2.43. The molecule has 4 atom stereocenters. The molecule has 2 rings (SSSR count). The highest BCUT2D eigenvalue weighted by Gasteiger charge is 2.44. The van der Waals surface area contributed by atoms with Gasteiger partial charge < -0.3 is 10.2 Å². The number of nitrogens with one attached hydrogen (secondary N) is 1. The molecule has 1 N–H and O–H groups in total. The molecule has 1 saturated carbocycles. The third kappa shape index (κ3) is 3.20. The number of hydrogen-bond donors (Lipinski definition) is 1. The Balaban J connectivity index is 2.10. The minimum Gasteiger partial charge on any atom is -0.312 e. The van der Waals surface area contributed by atoms with Crippen LogP contribution in [0, 0.1) is 11.3 Å². The Bertz CT molecular complexity index is 313. The smallest absolute Gasteiger partial charge is 0.0274 e. The van der Waals surface area contributed by atoms with E-state index in [1.54, 1.807) is 0 Å². The molecule has 20 heavy (non-hydrogen) atoms. The summed E-state index contributed by atoms with van der Waals surface area (Å²) in [6.45, 7) is 13.2. The van der Waals surface area contributed by atoms with E-state index in [9.17, 15) is 0 Å². The minimum absolute atomic E-state index is 0.429. The number of likely N-dealkylation sites (N-methyl/N-ethyl adjacent to an activating group) is 2. The average Bonchev–Trinajstić information content (AvgIpc) is 2.74. The highest BCUT2D eigenvalue weighted by molar-refractivity contribution is 5.01. The lowest BCUT2D eigenvalue weighted by atomic mass is 9.70. The van der Waals surface area contributed by atoms with Crippen LogP contribution in [-0.2, 0) is 0 Å². The van der Waals surface area contributed by atoms with Gasteiger partial charge in [0.15, 0.2) is 0 Å². The zero-order valence-electron chi connectivity index (χ0n) is 14.4. The molecule has 0 aromatic carbocycles. The SMILES string of the molecule is CCNC1C(N2CC(C)C(N(C)C)C2)CCCC1(C)C. The summed E-state index contributed by atoms with van der Waals surface area (Å²) in [6.07, 6.45) is 4.12. The van der Waals surface area contributed by atoms with Crippen molar-refractivity contribution in [2.45, 2.75) is 65.1 Å². The van der Waals surface area contributed by atoms with Gasteiger partial charge in [-0.05, 0) is 44.8 Å². The van der Waals surface area contributed by atoms with Crippen LogP contribution in [0.4, 0.5) is 0 Å². The number of rotatable bonds is 4. The Morgan fingerprint density at radius 2 is 1.95 bits per heavy atom. The van der Waals surface area contributed by atoms with E-state index in [-0.39, 0.29) is 0 Å². The summed E-state index contributed by atoms with van der Waals surface area (Å²) in [6, 6.07) is 2.10. The van der Waals surface area contributed by atoms with Gasteiger partial charge in [0.25, 0.3) is 0 Å². The van der Waals surface area contributed by atoms with Gasteiger partial charge in [0, 0.05) is 31.2 Å². The van der Waals surface area contributed by atoms with Gasteiger partial charge in [0.1, 0.15) is 0 Å². The average molecular weight is 281 g/mol. The van der Waals surface area contributed by atoms with Crippen LogP contribution in [0.25, 0.3) is 0 Å². The molecule has 0 aromatic heterocycles. The predicted molar refractivity (Wildman–Crippen MR) is 87.1 cm³/mol. The Kier molecular flexibility index (Phi) is 5.14. The molecule has 0 radical (unpaired) electrons. The fraction of sp³-hybridized carbons (Fsp3) is 1.00. The van der Waals surface area contributed by atoms with E-state index in [0.717, 1.165) is 24.5 Å². The lowest BCUT2D eigenvalue weighted by molar-refractivity contribution is 0.0585. The van der Waals surface area contributed by atoms with E-state index >= 15 is 0 Å². The molecule has 2 aliphatic rings. The van der Waals surface area contributed by atoms with Crippen LogP contribution in [0.15, 0.2) is 0 Å². The lowest BCUT2D eigenvalue weighted by Gasteiger charge is -2.48. The van der Waals surface area contributed by atoms with E-state index in [4.69, 9.17) is 0 Å². The Morgan fingerprint density at radius 1 is 1.25 bits per heavy atom. The van der Waals surface area contributed by atoms with Crippen molar-refractivity contribution in [2.24, 2.45) is 11.3 Å². The van der Waals surface area contributed by atoms with Gasteiger partial charge in [0.2, 0.25) is 0 Å². The van der Waals surface area contributed by atoms with Gasteiger partial charge in [-0.2, -0.15) is 0 Å². The molecule has 118 valence electrons. The first-order chi connectivity index (χ1) is 9.36. The highest BCUT2D eigenvalue weighted by Crippen LogP contribution is 2.39.